The summed E-state index contributed by atoms with van der Waals surface area (Å²) < 4.78 is 9.06. The molecule has 0 rings (SSSR count). The third kappa shape index (κ3) is 5.50. The second-order valence-electron chi connectivity index (χ2n) is 2.48. The lowest BCUT2D eigenvalue weighted by Crippen LogP contribution is -2.38. The van der Waals surface area contributed by atoms with Gasteiger partial charge in [0.1, 0.15) is 6.61 Å². The van der Waals surface area contributed by atoms with Gasteiger partial charge in [0, 0.05) is 6.61 Å². The Bertz CT molecular complexity index is 194. The van der Waals surface area contributed by atoms with Crippen LogP contribution in [0.5, 0.6) is 0 Å². The monoisotopic (exact) mass is 205 g/mol. The number of hydrogen-bond acceptors (Lipinski definition) is 5. The van der Waals surface area contributed by atoms with Gasteiger partial charge in [0.25, 0.3) is 0 Å². The maximum Gasteiger partial charge on any atom is 0.336 e. The van der Waals surface area contributed by atoms with Crippen molar-refractivity contribution in [1.29, 1.82) is 0 Å². The number of esters is 1. The number of aliphatic hydroxyl groups is 1. The van der Waals surface area contributed by atoms with Crippen molar-refractivity contribution in [3.05, 3.63) is 0 Å². The number of hydrogen-bond donors (Lipinski definition) is 2. The van der Waals surface area contributed by atoms with Crippen LogP contribution in [0.4, 0.5) is 0 Å². The van der Waals surface area contributed by atoms with Crippen LogP contribution in [-0.2, 0) is 19.1 Å². The summed E-state index contributed by atoms with van der Waals surface area (Å²) in [6, 6.07) is 0. The molecule has 1 amide bonds. The Kier molecular flexibility index (Phi) is 6.69. The third-order valence-corrected chi connectivity index (χ3v) is 1.40. The number of methoxy groups -OCH3 is 1. The van der Waals surface area contributed by atoms with E-state index in [0.717, 1.165) is 7.11 Å². The van der Waals surface area contributed by atoms with Gasteiger partial charge < -0.3 is 19.9 Å². The van der Waals surface area contributed by atoms with Crippen LogP contribution < -0.4 is 5.32 Å². The van der Waals surface area contributed by atoms with E-state index >= 15 is 0 Å². The van der Waals surface area contributed by atoms with Crippen LogP contribution in [0.3, 0.4) is 0 Å². The average Bonchev–Trinajstić information content (AvgIpc) is 2.21. The minimum Gasteiger partial charge on any atom is -0.467 e. The van der Waals surface area contributed by atoms with E-state index in [-0.39, 0.29) is 19.1 Å². The van der Waals surface area contributed by atoms with E-state index in [4.69, 9.17) is 9.84 Å². The van der Waals surface area contributed by atoms with Gasteiger partial charge in [0.05, 0.1) is 13.7 Å². The summed E-state index contributed by atoms with van der Waals surface area (Å²) in [5.74, 6) is -1.16. The number of ether oxygens (including phenoxy) is 2. The van der Waals surface area contributed by atoms with Gasteiger partial charge in [-0.05, 0) is 6.92 Å². The minimum atomic E-state index is -1.33. The predicted octanol–water partition coefficient (Wildman–Crippen LogP) is -1.33. The van der Waals surface area contributed by atoms with E-state index in [0.29, 0.717) is 6.61 Å². The fourth-order valence-electron chi connectivity index (χ4n) is 0.676. The Labute approximate surface area is 82.2 Å². The Morgan fingerprint density at radius 1 is 1.50 bits per heavy atom. The smallest absolute Gasteiger partial charge is 0.336 e. The van der Waals surface area contributed by atoms with Gasteiger partial charge in [-0.25, -0.2) is 4.79 Å². The molecule has 0 aliphatic carbocycles. The number of aliphatic hydroxyl groups excluding tert-OH is 1. The lowest BCUT2D eigenvalue weighted by Gasteiger charge is -2.09. The normalized spacial score (nSPS) is 11.9. The summed E-state index contributed by atoms with van der Waals surface area (Å²) in [6.45, 7) is 1.95. The maximum atomic E-state index is 10.9. The van der Waals surface area contributed by atoms with E-state index in [1.54, 1.807) is 6.92 Å². The molecule has 6 nitrogen and oxygen atoms in total. The average molecular weight is 205 g/mol. The number of carbonyl (C=O) groups excluding carboxylic acids is 2. The highest BCUT2D eigenvalue weighted by atomic mass is 16.5. The van der Waals surface area contributed by atoms with Gasteiger partial charge in [-0.1, -0.05) is 0 Å². The van der Waals surface area contributed by atoms with E-state index < -0.39 is 12.1 Å². The van der Waals surface area contributed by atoms with Crippen molar-refractivity contribution in [2.75, 3.05) is 26.9 Å². The molecule has 0 heterocycles. The SMILES string of the molecule is CCOCC(=O)NCC(O)C(=O)OC. The zero-order valence-electron chi connectivity index (χ0n) is 8.28. The van der Waals surface area contributed by atoms with Crippen LogP contribution >= 0.6 is 0 Å². The topological polar surface area (TPSA) is 84.9 Å². The van der Waals surface area contributed by atoms with Gasteiger partial charge in [-0.2, -0.15) is 0 Å². The molecule has 0 bridgehead atoms. The molecule has 0 aliphatic heterocycles. The van der Waals surface area contributed by atoms with Gasteiger partial charge in [0.15, 0.2) is 6.10 Å². The molecule has 6 heteroatoms. The first-order valence-electron chi connectivity index (χ1n) is 4.22. The highest BCUT2D eigenvalue weighted by Gasteiger charge is 2.15. The molecule has 0 saturated carbocycles. The van der Waals surface area contributed by atoms with Gasteiger partial charge >= 0.3 is 5.97 Å². The molecule has 0 radical (unpaired) electrons. The first-order chi connectivity index (χ1) is 6.61. The van der Waals surface area contributed by atoms with Gasteiger partial charge in [-0.15, -0.1) is 0 Å². The van der Waals surface area contributed by atoms with E-state index in [9.17, 15) is 9.59 Å². The summed E-state index contributed by atoms with van der Waals surface area (Å²) in [5, 5.41) is 11.4. The third-order valence-electron chi connectivity index (χ3n) is 1.40. The minimum absolute atomic E-state index is 0.0790. The lowest BCUT2D eigenvalue weighted by atomic mass is 10.3. The van der Waals surface area contributed by atoms with Crippen LogP contribution in [0.2, 0.25) is 0 Å². The van der Waals surface area contributed by atoms with Crippen LogP contribution in [0.1, 0.15) is 6.92 Å². The number of carbonyl (C=O) groups is 2. The molecule has 2 N–H and O–H groups in total. The Hall–Kier alpha value is -1.14. The standard InChI is InChI=1S/C8H15NO5/c1-3-14-5-7(11)9-4-6(10)8(12)13-2/h6,10H,3-5H2,1-2H3,(H,9,11). The molecular weight excluding hydrogens is 190 g/mol. The molecule has 0 aromatic carbocycles. The summed E-state index contributed by atoms with van der Waals surface area (Å²) in [4.78, 5) is 21.6. The van der Waals surface area contributed by atoms with Crippen LogP contribution in [-0.4, -0.2) is 50.0 Å². The quantitative estimate of drug-likeness (QED) is 0.525. The molecule has 0 aromatic rings. The Morgan fingerprint density at radius 3 is 2.64 bits per heavy atom. The molecule has 0 fully saturated rings. The van der Waals surface area contributed by atoms with Crippen LogP contribution in [0.15, 0.2) is 0 Å². The molecule has 1 atom stereocenters. The first-order valence-corrected chi connectivity index (χ1v) is 4.22. The zero-order chi connectivity index (χ0) is 11.0. The number of rotatable bonds is 6. The Morgan fingerprint density at radius 2 is 2.14 bits per heavy atom. The highest BCUT2D eigenvalue weighted by molar-refractivity contribution is 5.79. The largest absolute Gasteiger partial charge is 0.467 e. The maximum absolute atomic E-state index is 10.9. The fraction of sp³-hybridized carbons (Fsp3) is 0.750. The predicted molar refractivity (Wildman–Crippen MR) is 47.5 cm³/mol. The molecule has 82 valence electrons. The van der Waals surface area contributed by atoms with Crippen molar-refractivity contribution in [1.82, 2.24) is 5.32 Å². The van der Waals surface area contributed by atoms with Crippen molar-refractivity contribution in [3.8, 4) is 0 Å². The molecule has 0 saturated heterocycles. The molecular formula is C8H15NO5. The van der Waals surface area contributed by atoms with Gasteiger partial charge in [0.2, 0.25) is 5.91 Å². The summed E-state index contributed by atoms with van der Waals surface area (Å²) >= 11 is 0. The molecule has 14 heavy (non-hydrogen) atoms. The second kappa shape index (κ2) is 7.28. The number of nitrogens with one attached hydrogen (secondary N) is 1. The van der Waals surface area contributed by atoms with E-state index in [1.807, 2.05) is 0 Å². The molecule has 0 spiro atoms. The molecule has 0 aliphatic rings. The summed E-state index contributed by atoms with van der Waals surface area (Å²) in [7, 11) is 1.16. The van der Waals surface area contributed by atoms with Crippen LogP contribution in [0, 0.1) is 0 Å². The van der Waals surface area contributed by atoms with Gasteiger partial charge in [-0.3, -0.25) is 4.79 Å². The summed E-state index contributed by atoms with van der Waals surface area (Å²) in [6.07, 6.45) is -1.33. The van der Waals surface area contributed by atoms with Crippen molar-refractivity contribution in [2.24, 2.45) is 0 Å². The van der Waals surface area contributed by atoms with Crippen molar-refractivity contribution in [2.45, 2.75) is 13.0 Å². The zero-order valence-corrected chi connectivity index (χ0v) is 8.28. The van der Waals surface area contributed by atoms with E-state index in [1.165, 1.54) is 0 Å². The van der Waals surface area contributed by atoms with Crippen molar-refractivity contribution < 1.29 is 24.2 Å². The molecule has 1 unspecified atom stereocenters. The summed E-state index contributed by atoms with van der Waals surface area (Å²) in [5.41, 5.74) is 0. The Balaban J connectivity index is 3.60. The lowest BCUT2D eigenvalue weighted by molar-refractivity contribution is -0.150. The van der Waals surface area contributed by atoms with Crippen molar-refractivity contribution >= 4 is 11.9 Å². The second-order valence-corrected chi connectivity index (χ2v) is 2.48. The molecule has 0 aromatic heterocycles. The number of amides is 1. The van der Waals surface area contributed by atoms with Crippen LogP contribution in [0.25, 0.3) is 0 Å². The first kappa shape index (κ1) is 12.9. The highest BCUT2D eigenvalue weighted by Crippen LogP contribution is 1.84. The van der Waals surface area contributed by atoms with E-state index in [2.05, 4.69) is 10.1 Å². The fourth-order valence-corrected chi connectivity index (χ4v) is 0.676. The van der Waals surface area contributed by atoms with Crippen molar-refractivity contribution in [3.63, 3.8) is 0 Å².